The Kier molecular flexibility index (Phi) is 12.2. The fraction of sp³-hybridized carbons (Fsp3) is 0.941. The Bertz CT molecular complexity index is 213. The fourth-order valence-electron chi connectivity index (χ4n) is 2.38. The van der Waals surface area contributed by atoms with Gasteiger partial charge in [-0.3, -0.25) is 4.79 Å². The summed E-state index contributed by atoms with van der Waals surface area (Å²) in [6.45, 7) is 8.69. The van der Waals surface area contributed by atoms with Gasteiger partial charge in [-0.15, -0.1) is 0 Å². The van der Waals surface area contributed by atoms with Gasteiger partial charge < -0.3 is 4.74 Å². The van der Waals surface area contributed by atoms with E-state index in [1.807, 2.05) is 6.92 Å². The molecule has 0 fully saturated rings. The Morgan fingerprint density at radius 1 is 0.947 bits per heavy atom. The summed E-state index contributed by atoms with van der Waals surface area (Å²) in [5.41, 5.74) is 0. The van der Waals surface area contributed by atoms with E-state index in [-0.39, 0.29) is 12.1 Å². The summed E-state index contributed by atoms with van der Waals surface area (Å²) < 4.78 is 5.46. The number of hydrogen-bond acceptors (Lipinski definition) is 2. The van der Waals surface area contributed by atoms with E-state index in [2.05, 4.69) is 20.8 Å². The summed E-state index contributed by atoms with van der Waals surface area (Å²) in [6.07, 6.45) is 11.3. The van der Waals surface area contributed by atoms with E-state index in [0.29, 0.717) is 6.42 Å². The molecule has 0 spiro atoms. The third kappa shape index (κ3) is 11.0. The second-order valence-corrected chi connectivity index (χ2v) is 5.75. The van der Waals surface area contributed by atoms with E-state index < -0.39 is 0 Å². The number of unbranched alkanes of at least 4 members (excludes halogenated alkanes) is 3. The first kappa shape index (κ1) is 18.5. The second kappa shape index (κ2) is 12.5. The molecule has 0 unspecified atom stereocenters. The number of ether oxygens (including phenoxy) is 1. The van der Waals surface area contributed by atoms with E-state index in [9.17, 15) is 4.79 Å². The Morgan fingerprint density at radius 3 is 2.21 bits per heavy atom. The molecule has 0 saturated heterocycles. The predicted octanol–water partition coefficient (Wildman–Crippen LogP) is 5.50. The monoisotopic (exact) mass is 270 g/mol. The van der Waals surface area contributed by atoms with Gasteiger partial charge in [-0.1, -0.05) is 59.3 Å². The fourth-order valence-corrected chi connectivity index (χ4v) is 2.38. The maximum Gasteiger partial charge on any atom is 0.306 e. The summed E-state index contributed by atoms with van der Waals surface area (Å²) in [7, 11) is 0. The summed E-state index contributed by atoms with van der Waals surface area (Å²) in [6, 6.07) is 0. The molecule has 0 amide bonds. The van der Waals surface area contributed by atoms with Crippen molar-refractivity contribution in [3.63, 3.8) is 0 Å². The van der Waals surface area contributed by atoms with Crippen LogP contribution < -0.4 is 0 Å². The van der Waals surface area contributed by atoms with Crippen molar-refractivity contribution in [3.05, 3.63) is 0 Å². The highest BCUT2D eigenvalue weighted by Gasteiger charge is 2.12. The quantitative estimate of drug-likeness (QED) is 0.346. The van der Waals surface area contributed by atoms with Crippen LogP contribution in [-0.2, 0) is 9.53 Å². The molecule has 0 aliphatic rings. The van der Waals surface area contributed by atoms with Gasteiger partial charge in [0.1, 0.15) is 0 Å². The number of carbonyl (C=O) groups is 1. The molecular formula is C17H34O2. The van der Waals surface area contributed by atoms with Crippen molar-refractivity contribution in [1.29, 1.82) is 0 Å². The van der Waals surface area contributed by atoms with Gasteiger partial charge in [0.2, 0.25) is 0 Å². The minimum Gasteiger partial charge on any atom is -0.463 e. The normalized spacial score (nSPS) is 14.1. The molecule has 19 heavy (non-hydrogen) atoms. The van der Waals surface area contributed by atoms with Crippen LogP contribution in [-0.4, -0.2) is 12.1 Å². The molecule has 0 rings (SSSR count). The Labute approximate surface area is 120 Å². The first-order chi connectivity index (χ1) is 9.13. The predicted molar refractivity (Wildman–Crippen MR) is 82.2 cm³/mol. The van der Waals surface area contributed by atoms with Gasteiger partial charge in [-0.2, -0.15) is 0 Å². The summed E-state index contributed by atoms with van der Waals surface area (Å²) in [4.78, 5) is 11.6. The standard InChI is InChI=1S/C17H34O2/c1-5-8-10-12-17(18)19-15(4)13-14-16(7-3)11-9-6-2/h15-16H,5-14H2,1-4H3/t15-,16+/m0/s1. The average molecular weight is 270 g/mol. The molecule has 2 heteroatoms. The van der Waals surface area contributed by atoms with Crippen LogP contribution in [0.25, 0.3) is 0 Å². The van der Waals surface area contributed by atoms with Crippen LogP contribution in [0.2, 0.25) is 0 Å². The first-order valence-corrected chi connectivity index (χ1v) is 8.33. The van der Waals surface area contributed by atoms with Gasteiger partial charge in [0, 0.05) is 6.42 Å². The molecule has 0 aromatic carbocycles. The van der Waals surface area contributed by atoms with Gasteiger partial charge in [-0.05, 0) is 32.1 Å². The van der Waals surface area contributed by atoms with Crippen LogP contribution >= 0.6 is 0 Å². The molecule has 0 aromatic rings. The number of hydrogen-bond donors (Lipinski definition) is 0. The molecular weight excluding hydrogens is 236 g/mol. The first-order valence-electron chi connectivity index (χ1n) is 8.33. The van der Waals surface area contributed by atoms with Gasteiger partial charge in [0.25, 0.3) is 0 Å². The second-order valence-electron chi connectivity index (χ2n) is 5.75. The van der Waals surface area contributed by atoms with Crippen LogP contribution in [0.4, 0.5) is 0 Å². The third-order valence-corrected chi connectivity index (χ3v) is 3.84. The molecule has 0 aliphatic heterocycles. The highest BCUT2D eigenvalue weighted by molar-refractivity contribution is 5.69. The van der Waals surface area contributed by atoms with Crippen molar-refractivity contribution in [2.45, 2.75) is 98.0 Å². The van der Waals surface area contributed by atoms with Crippen molar-refractivity contribution in [3.8, 4) is 0 Å². The molecule has 0 aromatic heterocycles. The van der Waals surface area contributed by atoms with Gasteiger partial charge >= 0.3 is 5.97 Å². The summed E-state index contributed by atoms with van der Waals surface area (Å²) in [5.74, 6) is 0.795. The van der Waals surface area contributed by atoms with Crippen LogP contribution in [0, 0.1) is 5.92 Å². The number of carbonyl (C=O) groups excluding carboxylic acids is 1. The van der Waals surface area contributed by atoms with E-state index >= 15 is 0 Å². The van der Waals surface area contributed by atoms with Gasteiger partial charge in [0.05, 0.1) is 6.10 Å². The molecule has 0 heterocycles. The molecule has 0 N–H and O–H groups in total. The maximum atomic E-state index is 11.6. The minimum absolute atomic E-state index is 0.0115. The topological polar surface area (TPSA) is 26.3 Å². The lowest BCUT2D eigenvalue weighted by atomic mass is 9.93. The molecule has 0 bridgehead atoms. The zero-order chi connectivity index (χ0) is 14.5. The Balaban J connectivity index is 3.71. The average Bonchev–Trinajstić information content (AvgIpc) is 2.39. The van der Waals surface area contributed by atoms with Crippen LogP contribution in [0.1, 0.15) is 91.9 Å². The van der Waals surface area contributed by atoms with E-state index in [1.54, 1.807) is 0 Å². The number of esters is 1. The van der Waals surface area contributed by atoms with Gasteiger partial charge in [-0.25, -0.2) is 0 Å². The highest BCUT2D eigenvalue weighted by atomic mass is 16.5. The SMILES string of the molecule is CCCCCC(=O)O[C@@H](C)CC[C@H](CC)CCCC. The molecule has 2 nitrogen and oxygen atoms in total. The molecule has 0 radical (unpaired) electrons. The molecule has 2 atom stereocenters. The minimum atomic E-state index is -0.0115. The number of rotatable bonds is 12. The van der Waals surface area contributed by atoms with E-state index in [1.165, 1.54) is 32.1 Å². The van der Waals surface area contributed by atoms with Crippen LogP contribution in [0.15, 0.2) is 0 Å². The van der Waals surface area contributed by atoms with E-state index in [0.717, 1.165) is 31.6 Å². The zero-order valence-corrected chi connectivity index (χ0v) is 13.5. The molecule has 0 saturated carbocycles. The Morgan fingerprint density at radius 2 is 1.63 bits per heavy atom. The van der Waals surface area contributed by atoms with Crippen LogP contribution in [0.5, 0.6) is 0 Å². The van der Waals surface area contributed by atoms with Crippen molar-refractivity contribution in [1.82, 2.24) is 0 Å². The van der Waals surface area contributed by atoms with Crippen LogP contribution in [0.3, 0.4) is 0 Å². The van der Waals surface area contributed by atoms with Crippen molar-refractivity contribution >= 4 is 5.97 Å². The lowest BCUT2D eigenvalue weighted by molar-refractivity contribution is -0.148. The maximum absolute atomic E-state index is 11.6. The summed E-state index contributed by atoms with van der Waals surface area (Å²) in [5, 5.41) is 0. The lowest BCUT2D eigenvalue weighted by Crippen LogP contribution is -2.16. The van der Waals surface area contributed by atoms with Crippen molar-refractivity contribution in [2.24, 2.45) is 5.92 Å². The van der Waals surface area contributed by atoms with Crippen molar-refractivity contribution < 1.29 is 9.53 Å². The third-order valence-electron chi connectivity index (χ3n) is 3.84. The molecule has 0 aliphatic carbocycles. The Hall–Kier alpha value is -0.530. The summed E-state index contributed by atoms with van der Waals surface area (Å²) >= 11 is 0. The zero-order valence-electron chi connectivity index (χ0n) is 13.5. The lowest BCUT2D eigenvalue weighted by Gasteiger charge is -2.18. The smallest absolute Gasteiger partial charge is 0.306 e. The van der Waals surface area contributed by atoms with Crippen molar-refractivity contribution in [2.75, 3.05) is 0 Å². The van der Waals surface area contributed by atoms with Gasteiger partial charge in [0.15, 0.2) is 0 Å². The molecule has 114 valence electrons. The highest BCUT2D eigenvalue weighted by Crippen LogP contribution is 2.20. The van der Waals surface area contributed by atoms with E-state index in [4.69, 9.17) is 4.74 Å². The largest absolute Gasteiger partial charge is 0.463 e.